The van der Waals surface area contributed by atoms with Crippen LogP contribution in [0.5, 0.6) is 0 Å². The summed E-state index contributed by atoms with van der Waals surface area (Å²) in [5.41, 5.74) is 0.00518. The molecular weight excluding hydrogens is 290 g/mol. The van der Waals surface area contributed by atoms with Crippen molar-refractivity contribution in [2.24, 2.45) is 5.92 Å². The van der Waals surface area contributed by atoms with Crippen LogP contribution in [0.4, 0.5) is 0 Å². The van der Waals surface area contributed by atoms with Gasteiger partial charge in [0.05, 0.1) is 11.6 Å². The predicted molar refractivity (Wildman–Crippen MR) is 81.6 cm³/mol. The maximum absolute atomic E-state index is 6.14. The van der Waals surface area contributed by atoms with Gasteiger partial charge in [-0.2, -0.15) is 0 Å². The van der Waals surface area contributed by atoms with Gasteiger partial charge >= 0.3 is 0 Å². The zero-order valence-corrected chi connectivity index (χ0v) is 13.3. The molecule has 5 heteroatoms. The predicted octanol–water partition coefficient (Wildman–Crippen LogP) is 3.56. The van der Waals surface area contributed by atoms with E-state index in [-0.39, 0.29) is 11.6 Å². The summed E-state index contributed by atoms with van der Waals surface area (Å²) in [7, 11) is 0. The Morgan fingerprint density at radius 3 is 2.81 bits per heavy atom. The average Bonchev–Trinajstić information content (AvgIpc) is 2.92. The van der Waals surface area contributed by atoms with Crippen LogP contribution >= 0.6 is 11.6 Å². The summed E-state index contributed by atoms with van der Waals surface area (Å²) in [4.78, 5) is 0. The fourth-order valence-corrected chi connectivity index (χ4v) is 3.81. The highest BCUT2D eigenvalue weighted by Crippen LogP contribution is 2.42. The molecular formula is C16H24ClNO3. The molecule has 3 rings (SSSR count). The van der Waals surface area contributed by atoms with Gasteiger partial charge in [0.1, 0.15) is 5.76 Å². The second-order valence-electron chi connectivity index (χ2n) is 6.07. The minimum atomic E-state index is 0.00518. The Labute approximate surface area is 131 Å². The summed E-state index contributed by atoms with van der Waals surface area (Å²) < 4.78 is 17.3. The Morgan fingerprint density at radius 2 is 2.14 bits per heavy atom. The Kier molecular flexibility index (Phi) is 4.89. The molecule has 0 radical (unpaired) electrons. The molecule has 21 heavy (non-hydrogen) atoms. The first-order valence-electron chi connectivity index (χ1n) is 7.93. The molecule has 2 atom stereocenters. The minimum Gasteiger partial charge on any atom is -0.448 e. The molecule has 2 aliphatic heterocycles. The molecule has 1 N–H and O–H groups in total. The van der Waals surface area contributed by atoms with Gasteiger partial charge in [-0.1, -0.05) is 6.92 Å². The number of hydrogen-bond acceptors (Lipinski definition) is 4. The van der Waals surface area contributed by atoms with E-state index in [1.807, 2.05) is 12.1 Å². The normalized spacial score (nSPS) is 26.9. The molecule has 1 aromatic rings. The van der Waals surface area contributed by atoms with Crippen molar-refractivity contribution in [2.45, 2.75) is 44.2 Å². The van der Waals surface area contributed by atoms with E-state index in [4.69, 9.17) is 25.5 Å². The summed E-state index contributed by atoms with van der Waals surface area (Å²) in [6, 6.07) is 4.03. The maximum Gasteiger partial charge on any atom is 0.193 e. The summed E-state index contributed by atoms with van der Waals surface area (Å²) in [5.74, 6) is 1.45. The number of hydrogen-bond donors (Lipinski definition) is 1. The molecule has 4 nitrogen and oxygen atoms in total. The molecule has 2 unspecified atom stereocenters. The third kappa shape index (κ3) is 3.45. The van der Waals surface area contributed by atoms with Crippen LogP contribution in [0.25, 0.3) is 0 Å². The lowest BCUT2D eigenvalue weighted by Gasteiger charge is -2.45. The van der Waals surface area contributed by atoms with Gasteiger partial charge in [-0.25, -0.2) is 0 Å². The van der Waals surface area contributed by atoms with Crippen LogP contribution in [0.1, 0.15) is 44.4 Å². The van der Waals surface area contributed by atoms with E-state index in [1.165, 1.54) is 0 Å². The molecule has 0 amide bonds. The molecule has 0 aliphatic carbocycles. The van der Waals surface area contributed by atoms with E-state index in [2.05, 4.69) is 12.2 Å². The Bertz CT molecular complexity index is 451. The third-order valence-corrected chi connectivity index (χ3v) is 4.93. The van der Waals surface area contributed by atoms with Crippen molar-refractivity contribution in [3.05, 3.63) is 23.1 Å². The van der Waals surface area contributed by atoms with Gasteiger partial charge in [0.2, 0.25) is 0 Å². The van der Waals surface area contributed by atoms with Crippen LogP contribution in [0.3, 0.4) is 0 Å². The van der Waals surface area contributed by atoms with Crippen molar-refractivity contribution < 1.29 is 13.9 Å². The lowest BCUT2D eigenvalue weighted by Crippen LogP contribution is -2.46. The number of nitrogens with one attached hydrogen (secondary N) is 1. The largest absolute Gasteiger partial charge is 0.448 e. The highest BCUT2D eigenvalue weighted by Gasteiger charge is 2.42. The van der Waals surface area contributed by atoms with Crippen LogP contribution in [-0.4, -0.2) is 32.0 Å². The summed E-state index contributed by atoms with van der Waals surface area (Å²) in [6.45, 7) is 5.48. The van der Waals surface area contributed by atoms with Crippen molar-refractivity contribution in [1.29, 1.82) is 0 Å². The van der Waals surface area contributed by atoms with Gasteiger partial charge in [-0.15, -0.1) is 0 Å². The van der Waals surface area contributed by atoms with E-state index in [1.54, 1.807) is 0 Å². The topological polar surface area (TPSA) is 43.6 Å². The van der Waals surface area contributed by atoms with Gasteiger partial charge in [0, 0.05) is 19.8 Å². The Balaban J connectivity index is 1.75. The molecule has 2 saturated heterocycles. The zero-order chi connectivity index (χ0) is 14.7. The molecule has 2 aliphatic rings. The minimum absolute atomic E-state index is 0.00518. The van der Waals surface area contributed by atoms with Gasteiger partial charge in [-0.3, -0.25) is 0 Å². The molecule has 0 saturated carbocycles. The van der Waals surface area contributed by atoms with Gasteiger partial charge in [0.15, 0.2) is 5.22 Å². The Morgan fingerprint density at radius 1 is 1.33 bits per heavy atom. The highest BCUT2D eigenvalue weighted by atomic mass is 35.5. The second-order valence-corrected chi connectivity index (χ2v) is 6.45. The van der Waals surface area contributed by atoms with Gasteiger partial charge in [0.25, 0.3) is 0 Å². The first-order valence-corrected chi connectivity index (χ1v) is 8.30. The summed E-state index contributed by atoms with van der Waals surface area (Å²) >= 11 is 5.95. The SMILES string of the molecule is CCNC(c1ccc(Cl)o1)C1CCOC2(CCOCC2)C1. The molecule has 3 heterocycles. The van der Waals surface area contributed by atoms with Crippen molar-refractivity contribution in [2.75, 3.05) is 26.4 Å². The molecule has 2 fully saturated rings. The van der Waals surface area contributed by atoms with E-state index in [0.29, 0.717) is 11.1 Å². The zero-order valence-electron chi connectivity index (χ0n) is 12.6. The number of furan rings is 1. The molecule has 0 bridgehead atoms. The van der Waals surface area contributed by atoms with E-state index < -0.39 is 0 Å². The summed E-state index contributed by atoms with van der Waals surface area (Å²) in [6.07, 6.45) is 4.12. The average molecular weight is 314 g/mol. The lowest BCUT2D eigenvalue weighted by molar-refractivity contribution is -0.150. The van der Waals surface area contributed by atoms with Crippen molar-refractivity contribution in [3.63, 3.8) is 0 Å². The van der Waals surface area contributed by atoms with Crippen LogP contribution in [0, 0.1) is 5.92 Å². The quantitative estimate of drug-likeness (QED) is 0.923. The fraction of sp³-hybridized carbons (Fsp3) is 0.750. The van der Waals surface area contributed by atoms with Gasteiger partial charge in [-0.05, 0) is 61.9 Å². The smallest absolute Gasteiger partial charge is 0.193 e. The number of rotatable bonds is 4. The second kappa shape index (κ2) is 6.69. The number of ether oxygens (including phenoxy) is 2. The van der Waals surface area contributed by atoms with Crippen LogP contribution in [0.15, 0.2) is 16.5 Å². The monoisotopic (exact) mass is 313 g/mol. The molecule has 1 aromatic heterocycles. The van der Waals surface area contributed by atoms with E-state index in [9.17, 15) is 0 Å². The highest BCUT2D eigenvalue weighted by molar-refractivity contribution is 6.28. The Hall–Kier alpha value is -0.550. The van der Waals surface area contributed by atoms with Crippen molar-refractivity contribution in [1.82, 2.24) is 5.32 Å². The first-order chi connectivity index (χ1) is 10.2. The van der Waals surface area contributed by atoms with E-state index in [0.717, 1.165) is 57.8 Å². The standard InChI is InChI=1S/C16H24ClNO3/c1-2-18-15(13-3-4-14(17)21-13)12-5-8-20-16(11-12)6-9-19-10-7-16/h3-4,12,15,18H,2,5-11H2,1H3. The van der Waals surface area contributed by atoms with Crippen LogP contribution < -0.4 is 5.32 Å². The molecule has 118 valence electrons. The van der Waals surface area contributed by atoms with Crippen LogP contribution in [0.2, 0.25) is 5.22 Å². The first kappa shape index (κ1) is 15.3. The van der Waals surface area contributed by atoms with Crippen LogP contribution in [-0.2, 0) is 9.47 Å². The van der Waals surface area contributed by atoms with Gasteiger partial charge < -0.3 is 19.2 Å². The maximum atomic E-state index is 6.14. The van der Waals surface area contributed by atoms with E-state index >= 15 is 0 Å². The van der Waals surface area contributed by atoms with Crippen molar-refractivity contribution in [3.8, 4) is 0 Å². The van der Waals surface area contributed by atoms with Crippen molar-refractivity contribution >= 4 is 11.6 Å². The summed E-state index contributed by atoms with van der Waals surface area (Å²) in [5, 5.41) is 4.02. The fourth-order valence-electron chi connectivity index (χ4n) is 3.66. The lowest BCUT2D eigenvalue weighted by atomic mass is 9.77. The number of halogens is 1. The third-order valence-electron chi connectivity index (χ3n) is 4.73. The molecule has 1 spiro atoms. The molecule has 0 aromatic carbocycles.